The molecule has 0 heterocycles. The number of hydrogen-bond donors (Lipinski definition) is 4. The molecule has 0 rings (SSSR count). The van der Waals surface area contributed by atoms with Gasteiger partial charge in [-0.2, -0.15) is 0 Å². The molecule has 0 aliphatic rings. The Kier molecular flexibility index (Phi) is 21.7. The van der Waals surface area contributed by atoms with Crippen molar-refractivity contribution in [1.29, 1.82) is 0 Å². The lowest BCUT2D eigenvalue weighted by molar-refractivity contribution is -0.149. The summed E-state index contributed by atoms with van der Waals surface area (Å²) in [5.41, 5.74) is -0.240. The standard InChI is InChI=1S/C32H59NO8/c1-7-8-9-10-11-12-13-14-15-16-17-18-27(36)41-22-21-33-31(39)24(2)23-26(35)30(40-6)29(38)28(37)25(34)19-20-32(3,4)5/h19-20,24-25,28-30,34,37-38H,7-18,21-23H2,1-6H3,(H,33,39)/b20-19+/t24-,25-,28+,29-,30+/m1/s1. The van der Waals surface area contributed by atoms with Crippen molar-refractivity contribution in [3.63, 3.8) is 0 Å². The monoisotopic (exact) mass is 585 g/mol. The van der Waals surface area contributed by atoms with Gasteiger partial charge in [0.2, 0.25) is 5.91 Å². The zero-order valence-electron chi connectivity index (χ0n) is 26.5. The molecule has 4 N–H and O–H groups in total. The van der Waals surface area contributed by atoms with Gasteiger partial charge in [0.1, 0.15) is 31.0 Å². The van der Waals surface area contributed by atoms with Crippen molar-refractivity contribution in [2.24, 2.45) is 11.3 Å². The third-order valence-corrected chi connectivity index (χ3v) is 6.98. The van der Waals surface area contributed by atoms with Crippen molar-refractivity contribution in [3.8, 4) is 0 Å². The summed E-state index contributed by atoms with van der Waals surface area (Å²) in [6.07, 6.45) is 10.4. The average Bonchev–Trinajstić information content (AvgIpc) is 2.91. The van der Waals surface area contributed by atoms with E-state index in [1.54, 1.807) is 13.0 Å². The van der Waals surface area contributed by atoms with Crippen molar-refractivity contribution >= 4 is 17.7 Å². The number of aliphatic hydroxyl groups is 3. The second-order valence-electron chi connectivity index (χ2n) is 12.2. The highest BCUT2D eigenvalue weighted by Crippen LogP contribution is 2.18. The predicted octanol–water partition coefficient (Wildman–Crippen LogP) is 4.64. The number of unbranched alkanes of at least 4 members (excludes halogenated alkanes) is 10. The van der Waals surface area contributed by atoms with Crippen LogP contribution in [0.4, 0.5) is 0 Å². The second kappa shape index (κ2) is 22.7. The number of hydrogen-bond acceptors (Lipinski definition) is 8. The third kappa shape index (κ3) is 19.9. The molecule has 0 spiro atoms. The average molecular weight is 586 g/mol. The summed E-state index contributed by atoms with van der Waals surface area (Å²) in [4.78, 5) is 37.0. The van der Waals surface area contributed by atoms with E-state index in [4.69, 9.17) is 9.47 Å². The number of carbonyl (C=O) groups excluding carboxylic acids is 3. The zero-order chi connectivity index (χ0) is 31.3. The molecule has 0 aromatic carbocycles. The summed E-state index contributed by atoms with van der Waals surface area (Å²) >= 11 is 0. The van der Waals surface area contributed by atoms with Gasteiger partial charge in [-0.3, -0.25) is 14.4 Å². The first-order chi connectivity index (χ1) is 19.3. The number of methoxy groups -OCH3 is 1. The van der Waals surface area contributed by atoms with Gasteiger partial charge < -0.3 is 30.1 Å². The number of aliphatic hydroxyl groups excluding tert-OH is 3. The van der Waals surface area contributed by atoms with E-state index in [0.717, 1.165) is 19.3 Å². The molecule has 0 radical (unpaired) electrons. The number of Topliss-reactive ketones (excluding diaryl/α,β-unsaturated/α-hetero) is 1. The van der Waals surface area contributed by atoms with Gasteiger partial charge in [-0.1, -0.05) is 111 Å². The Morgan fingerprint density at radius 2 is 1.39 bits per heavy atom. The van der Waals surface area contributed by atoms with Crippen LogP contribution < -0.4 is 5.32 Å². The van der Waals surface area contributed by atoms with Crippen LogP contribution in [0.2, 0.25) is 0 Å². The van der Waals surface area contributed by atoms with Crippen LogP contribution in [0.25, 0.3) is 0 Å². The fourth-order valence-electron chi connectivity index (χ4n) is 4.37. The quantitative estimate of drug-likeness (QED) is 0.0729. The van der Waals surface area contributed by atoms with E-state index in [9.17, 15) is 29.7 Å². The zero-order valence-corrected chi connectivity index (χ0v) is 26.5. The smallest absolute Gasteiger partial charge is 0.305 e. The van der Waals surface area contributed by atoms with Gasteiger partial charge in [-0.15, -0.1) is 0 Å². The largest absolute Gasteiger partial charge is 0.464 e. The van der Waals surface area contributed by atoms with E-state index in [1.807, 2.05) is 20.8 Å². The molecule has 9 nitrogen and oxygen atoms in total. The van der Waals surface area contributed by atoms with Crippen LogP contribution in [-0.4, -0.2) is 77.7 Å². The molecule has 0 saturated heterocycles. The fraction of sp³-hybridized carbons (Fsp3) is 0.844. The highest BCUT2D eigenvalue weighted by molar-refractivity contribution is 5.89. The summed E-state index contributed by atoms with van der Waals surface area (Å²) in [5.74, 6) is -2.00. The first-order valence-corrected chi connectivity index (χ1v) is 15.6. The Morgan fingerprint density at radius 1 is 0.854 bits per heavy atom. The number of ketones is 1. The van der Waals surface area contributed by atoms with Gasteiger partial charge in [-0.05, 0) is 11.8 Å². The van der Waals surface area contributed by atoms with Gasteiger partial charge >= 0.3 is 5.97 Å². The minimum atomic E-state index is -1.68. The number of rotatable bonds is 24. The Bertz CT molecular complexity index is 748. The number of nitrogens with one attached hydrogen (secondary N) is 1. The molecule has 5 atom stereocenters. The third-order valence-electron chi connectivity index (χ3n) is 6.98. The number of carbonyl (C=O) groups is 3. The molecule has 9 heteroatoms. The van der Waals surface area contributed by atoms with Crippen molar-refractivity contribution in [2.75, 3.05) is 20.3 Å². The van der Waals surface area contributed by atoms with E-state index < -0.39 is 42.0 Å². The molecular formula is C32H59NO8. The summed E-state index contributed by atoms with van der Waals surface area (Å²) in [7, 11) is 1.21. The van der Waals surface area contributed by atoms with Crippen LogP contribution in [0.15, 0.2) is 12.2 Å². The second-order valence-corrected chi connectivity index (χ2v) is 12.2. The molecule has 0 aromatic rings. The highest BCUT2D eigenvalue weighted by atomic mass is 16.5. The summed E-state index contributed by atoms with van der Waals surface area (Å²) in [5, 5.41) is 33.6. The molecule has 0 fully saturated rings. The van der Waals surface area contributed by atoms with Crippen molar-refractivity contribution in [2.45, 2.75) is 143 Å². The number of esters is 1. The lowest BCUT2D eigenvalue weighted by Gasteiger charge is -2.27. The predicted molar refractivity (Wildman–Crippen MR) is 161 cm³/mol. The maximum absolute atomic E-state index is 12.7. The molecule has 41 heavy (non-hydrogen) atoms. The molecule has 240 valence electrons. The Hall–Kier alpha value is -1.81. The maximum Gasteiger partial charge on any atom is 0.305 e. The van der Waals surface area contributed by atoms with Crippen molar-refractivity contribution < 1.29 is 39.2 Å². The van der Waals surface area contributed by atoms with Crippen molar-refractivity contribution in [3.05, 3.63) is 12.2 Å². The first kappa shape index (κ1) is 39.2. The summed E-state index contributed by atoms with van der Waals surface area (Å²) in [6.45, 7) is 9.70. The Balaban J connectivity index is 4.19. The summed E-state index contributed by atoms with van der Waals surface area (Å²) < 4.78 is 10.3. The lowest BCUT2D eigenvalue weighted by Crippen LogP contribution is -2.48. The maximum atomic E-state index is 12.7. The molecule has 0 unspecified atom stereocenters. The van der Waals surface area contributed by atoms with Gasteiger partial charge in [-0.25, -0.2) is 0 Å². The van der Waals surface area contributed by atoms with Crippen LogP contribution in [0.1, 0.15) is 118 Å². The Morgan fingerprint density at radius 3 is 1.90 bits per heavy atom. The van der Waals surface area contributed by atoms with Crippen LogP contribution in [0.5, 0.6) is 0 Å². The number of allylic oxidation sites excluding steroid dienone is 1. The number of ether oxygens (including phenoxy) is 2. The van der Waals surface area contributed by atoms with E-state index in [1.165, 1.54) is 64.6 Å². The normalized spacial score (nSPS) is 15.7. The van der Waals surface area contributed by atoms with Gasteiger partial charge in [0.25, 0.3) is 0 Å². The number of amides is 1. The van der Waals surface area contributed by atoms with Crippen molar-refractivity contribution in [1.82, 2.24) is 5.32 Å². The van der Waals surface area contributed by atoms with E-state index in [2.05, 4.69) is 12.2 Å². The lowest BCUT2D eigenvalue weighted by atomic mass is 9.92. The molecule has 0 aliphatic heterocycles. The highest BCUT2D eigenvalue weighted by Gasteiger charge is 2.36. The van der Waals surface area contributed by atoms with Crippen LogP contribution >= 0.6 is 0 Å². The molecule has 0 bridgehead atoms. The minimum Gasteiger partial charge on any atom is -0.464 e. The Labute approximate surface area is 248 Å². The summed E-state index contributed by atoms with van der Waals surface area (Å²) in [6, 6.07) is 0. The fourth-order valence-corrected chi connectivity index (χ4v) is 4.37. The van der Waals surface area contributed by atoms with Crippen LogP contribution in [-0.2, 0) is 23.9 Å². The van der Waals surface area contributed by atoms with Gasteiger partial charge in [0.15, 0.2) is 5.78 Å². The molecule has 0 aromatic heterocycles. The van der Waals surface area contributed by atoms with E-state index in [0.29, 0.717) is 6.42 Å². The van der Waals surface area contributed by atoms with Gasteiger partial charge in [0, 0.05) is 25.9 Å². The molecular weight excluding hydrogens is 526 g/mol. The van der Waals surface area contributed by atoms with Crippen LogP contribution in [0, 0.1) is 11.3 Å². The molecule has 1 amide bonds. The molecule has 0 aliphatic carbocycles. The SMILES string of the molecule is CCCCCCCCCCCCCC(=O)OCCNC(=O)[C@H](C)CC(=O)[C@H](OC)[C@H](O)[C@@H](O)[C@H](O)/C=C/C(C)(C)C. The first-order valence-electron chi connectivity index (χ1n) is 15.6. The minimum absolute atomic E-state index is 0.0504. The van der Waals surface area contributed by atoms with Crippen LogP contribution in [0.3, 0.4) is 0 Å². The van der Waals surface area contributed by atoms with E-state index in [-0.39, 0.29) is 31.0 Å². The van der Waals surface area contributed by atoms with Gasteiger partial charge in [0.05, 0.1) is 6.54 Å². The van der Waals surface area contributed by atoms with E-state index >= 15 is 0 Å². The molecule has 0 saturated carbocycles. The topological polar surface area (TPSA) is 142 Å².